The van der Waals surface area contributed by atoms with Crippen molar-refractivity contribution in [2.75, 3.05) is 6.61 Å². The lowest BCUT2D eigenvalue weighted by molar-refractivity contribution is 0.00136. The van der Waals surface area contributed by atoms with Gasteiger partial charge in [-0.3, -0.25) is 0 Å². The predicted octanol–water partition coefficient (Wildman–Crippen LogP) is 2.81. The molecule has 1 unspecified atom stereocenters. The third-order valence-electron chi connectivity index (χ3n) is 2.27. The van der Waals surface area contributed by atoms with Crippen LogP contribution in [0.5, 0.6) is 0 Å². The van der Waals surface area contributed by atoms with E-state index in [4.69, 9.17) is 9.15 Å². The standard InChI is InChI=1S/C9H12BrNO2/c10-5-7-9(13-6-11-7)8-3-1-2-4-12-8/h6,8H,1-5H2. The van der Waals surface area contributed by atoms with Crippen LogP contribution in [0.1, 0.15) is 36.8 Å². The number of hydrogen-bond acceptors (Lipinski definition) is 3. The lowest BCUT2D eigenvalue weighted by Crippen LogP contribution is -2.12. The van der Waals surface area contributed by atoms with E-state index in [2.05, 4.69) is 20.9 Å². The highest BCUT2D eigenvalue weighted by Gasteiger charge is 2.22. The molecule has 1 aromatic rings. The first-order valence-corrected chi connectivity index (χ1v) is 5.64. The first-order chi connectivity index (χ1) is 6.42. The minimum Gasteiger partial charge on any atom is -0.445 e. The van der Waals surface area contributed by atoms with Crippen molar-refractivity contribution in [1.82, 2.24) is 4.98 Å². The van der Waals surface area contributed by atoms with Crippen LogP contribution < -0.4 is 0 Å². The van der Waals surface area contributed by atoms with Gasteiger partial charge in [-0.05, 0) is 19.3 Å². The van der Waals surface area contributed by atoms with E-state index in [1.807, 2.05) is 0 Å². The molecule has 1 aliphatic rings. The number of ether oxygens (including phenoxy) is 1. The Balaban J connectivity index is 2.13. The number of rotatable bonds is 2. The molecule has 0 amide bonds. The van der Waals surface area contributed by atoms with E-state index in [9.17, 15) is 0 Å². The summed E-state index contributed by atoms with van der Waals surface area (Å²) in [6.45, 7) is 0.840. The summed E-state index contributed by atoms with van der Waals surface area (Å²) in [5.74, 6) is 0.900. The van der Waals surface area contributed by atoms with Crippen LogP contribution in [0.15, 0.2) is 10.8 Å². The molecule has 0 N–H and O–H groups in total. The average molecular weight is 246 g/mol. The largest absolute Gasteiger partial charge is 0.445 e. The number of halogens is 1. The summed E-state index contributed by atoms with van der Waals surface area (Å²) in [5.41, 5.74) is 0.965. The van der Waals surface area contributed by atoms with Crippen LogP contribution in [0.3, 0.4) is 0 Å². The maximum Gasteiger partial charge on any atom is 0.181 e. The van der Waals surface area contributed by atoms with E-state index in [1.54, 1.807) is 0 Å². The Morgan fingerprint density at radius 1 is 1.54 bits per heavy atom. The van der Waals surface area contributed by atoms with Crippen LogP contribution in [0.2, 0.25) is 0 Å². The molecule has 0 bridgehead atoms. The molecule has 13 heavy (non-hydrogen) atoms. The smallest absolute Gasteiger partial charge is 0.181 e. The fourth-order valence-corrected chi connectivity index (χ4v) is 2.01. The van der Waals surface area contributed by atoms with Crippen molar-refractivity contribution in [1.29, 1.82) is 0 Å². The summed E-state index contributed by atoms with van der Waals surface area (Å²) in [7, 11) is 0. The normalized spacial score (nSPS) is 23.3. The number of hydrogen-bond donors (Lipinski definition) is 0. The molecule has 0 radical (unpaired) electrons. The van der Waals surface area contributed by atoms with Crippen LogP contribution in [0.25, 0.3) is 0 Å². The van der Waals surface area contributed by atoms with Gasteiger partial charge in [0.1, 0.15) is 6.10 Å². The summed E-state index contributed by atoms with van der Waals surface area (Å²) in [6, 6.07) is 0. The molecule has 1 aromatic heterocycles. The van der Waals surface area contributed by atoms with E-state index in [1.165, 1.54) is 12.8 Å². The van der Waals surface area contributed by atoms with Gasteiger partial charge in [-0.15, -0.1) is 0 Å². The van der Waals surface area contributed by atoms with Crippen molar-refractivity contribution < 1.29 is 9.15 Å². The Bertz CT molecular complexity index is 268. The molecule has 0 aliphatic carbocycles. The van der Waals surface area contributed by atoms with Crippen LogP contribution in [0, 0.1) is 0 Å². The summed E-state index contributed by atoms with van der Waals surface area (Å²) in [5, 5.41) is 0.735. The fourth-order valence-electron chi connectivity index (χ4n) is 1.59. The zero-order chi connectivity index (χ0) is 9.10. The fraction of sp³-hybridized carbons (Fsp3) is 0.667. The lowest BCUT2D eigenvalue weighted by Gasteiger charge is -2.20. The van der Waals surface area contributed by atoms with Gasteiger partial charge in [0.15, 0.2) is 12.2 Å². The average Bonchev–Trinajstić information content (AvgIpc) is 2.67. The van der Waals surface area contributed by atoms with Crippen molar-refractivity contribution in [2.45, 2.75) is 30.7 Å². The van der Waals surface area contributed by atoms with Crippen LogP contribution in [-0.4, -0.2) is 11.6 Å². The number of oxazole rings is 1. The molecule has 72 valence electrons. The Labute approximate surface area is 85.6 Å². The van der Waals surface area contributed by atoms with Gasteiger partial charge in [0.2, 0.25) is 0 Å². The topological polar surface area (TPSA) is 35.3 Å². The molecule has 1 atom stereocenters. The zero-order valence-corrected chi connectivity index (χ0v) is 8.92. The summed E-state index contributed by atoms with van der Waals surface area (Å²) in [6.07, 6.45) is 5.05. The molecule has 1 fully saturated rings. The first-order valence-electron chi connectivity index (χ1n) is 4.51. The molecule has 1 saturated heterocycles. The van der Waals surface area contributed by atoms with Gasteiger partial charge in [-0.1, -0.05) is 15.9 Å². The predicted molar refractivity (Wildman–Crippen MR) is 51.7 cm³/mol. The van der Waals surface area contributed by atoms with Crippen molar-refractivity contribution in [3.05, 3.63) is 17.8 Å². The second-order valence-electron chi connectivity index (χ2n) is 3.15. The third kappa shape index (κ3) is 1.94. The number of alkyl halides is 1. The Morgan fingerprint density at radius 2 is 2.46 bits per heavy atom. The van der Waals surface area contributed by atoms with Crippen molar-refractivity contribution in [2.24, 2.45) is 0 Å². The maximum absolute atomic E-state index is 5.61. The Morgan fingerprint density at radius 3 is 3.15 bits per heavy atom. The molecule has 4 heteroatoms. The molecule has 2 rings (SSSR count). The third-order valence-corrected chi connectivity index (χ3v) is 2.80. The van der Waals surface area contributed by atoms with Gasteiger partial charge >= 0.3 is 0 Å². The summed E-state index contributed by atoms with van der Waals surface area (Å²) >= 11 is 3.38. The number of nitrogens with zero attached hydrogens (tertiary/aromatic N) is 1. The lowest BCUT2D eigenvalue weighted by atomic mass is 10.1. The summed E-state index contributed by atoms with van der Waals surface area (Å²) < 4.78 is 10.9. The quantitative estimate of drug-likeness (QED) is 0.752. The minimum absolute atomic E-state index is 0.129. The van der Waals surface area contributed by atoms with Gasteiger partial charge < -0.3 is 9.15 Å². The van der Waals surface area contributed by atoms with Crippen LogP contribution in [-0.2, 0) is 10.1 Å². The van der Waals surface area contributed by atoms with Gasteiger partial charge in [-0.25, -0.2) is 4.98 Å². The minimum atomic E-state index is 0.129. The van der Waals surface area contributed by atoms with E-state index in [-0.39, 0.29) is 6.10 Å². The molecule has 3 nitrogen and oxygen atoms in total. The molecular weight excluding hydrogens is 234 g/mol. The van der Waals surface area contributed by atoms with Gasteiger partial charge in [0.25, 0.3) is 0 Å². The summed E-state index contributed by atoms with van der Waals surface area (Å²) in [4.78, 5) is 4.12. The van der Waals surface area contributed by atoms with Gasteiger partial charge in [-0.2, -0.15) is 0 Å². The molecular formula is C9H12BrNO2. The van der Waals surface area contributed by atoms with Crippen molar-refractivity contribution in [3.8, 4) is 0 Å². The van der Waals surface area contributed by atoms with Gasteiger partial charge in [0, 0.05) is 11.9 Å². The Hall–Kier alpha value is -0.350. The highest BCUT2D eigenvalue weighted by atomic mass is 79.9. The zero-order valence-electron chi connectivity index (χ0n) is 7.33. The SMILES string of the molecule is BrCc1ncoc1C1CCCCO1. The number of aromatic nitrogens is 1. The van der Waals surface area contributed by atoms with Crippen molar-refractivity contribution in [3.63, 3.8) is 0 Å². The second-order valence-corrected chi connectivity index (χ2v) is 3.71. The van der Waals surface area contributed by atoms with E-state index in [0.717, 1.165) is 36.2 Å². The molecule has 0 spiro atoms. The molecule has 0 aromatic carbocycles. The van der Waals surface area contributed by atoms with E-state index >= 15 is 0 Å². The highest BCUT2D eigenvalue weighted by molar-refractivity contribution is 9.08. The van der Waals surface area contributed by atoms with Crippen molar-refractivity contribution >= 4 is 15.9 Å². The van der Waals surface area contributed by atoms with Crippen LogP contribution in [0.4, 0.5) is 0 Å². The maximum atomic E-state index is 5.61. The highest BCUT2D eigenvalue weighted by Crippen LogP contribution is 2.30. The first kappa shape index (κ1) is 9.21. The molecule has 2 heterocycles. The molecule has 1 aliphatic heterocycles. The van der Waals surface area contributed by atoms with Gasteiger partial charge in [0.05, 0.1) is 5.69 Å². The monoisotopic (exact) mass is 245 g/mol. The Kier molecular flexibility index (Phi) is 3.01. The molecule has 0 saturated carbocycles. The van der Waals surface area contributed by atoms with E-state index in [0.29, 0.717) is 0 Å². The van der Waals surface area contributed by atoms with Crippen LogP contribution >= 0.6 is 15.9 Å². The van der Waals surface area contributed by atoms with E-state index < -0.39 is 0 Å². The second kappa shape index (κ2) is 4.24.